The summed E-state index contributed by atoms with van der Waals surface area (Å²) in [6, 6.07) is 5.55. The number of halogens is 3. The van der Waals surface area contributed by atoms with Gasteiger partial charge < -0.3 is 28.8 Å². The molecule has 1 N–H and O–H groups in total. The largest absolute Gasteiger partial charge is 0.496 e. The number of rotatable bonds is 5. The third-order valence-corrected chi connectivity index (χ3v) is 7.82. The van der Waals surface area contributed by atoms with Crippen LogP contribution in [0.4, 0.5) is 13.2 Å². The minimum absolute atomic E-state index is 0.0226. The Labute approximate surface area is 232 Å². The van der Waals surface area contributed by atoms with Crippen molar-refractivity contribution in [2.75, 3.05) is 20.3 Å². The Balaban J connectivity index is 1.57. The van der Waals surface area contributed by atoms with Crippen LogP contribution in [0.25, 0.3) is 11.3 Å². The molecule has 2 aromatic carbocycles. The highest BCUT2D eigenvalue weighted by Gasteiger charge is 2.62. The molecule has 6 rings (SSSR count). The van der Waals surface area contributed by atoms with Crippen LogP contribution in [0.2, 0.25) is 0 Å². The van der Waals surface area contributed by atoms with Gasteiger partial charge in [-0.05, 0) is 44.5 Å². The van der Waals surface area contributed by atoms with Crippen molar-refractivity contribution >= 4 is 5.97 Å². The zero-order valence-electron chi connectivity index (χ0n) is 22.5. The molecule has 3 aliphatic heterocycles. The van der Waals surface area contributed by atoms with Crippen molar-refractivity contribution in [2.24, 2.45) is 0 Å². The van der Waals surface area contributed by atoms with E-state index in [1.54, 1.807) is 26.0 Å². The number of ether oxygens (including phenoxy) is 5. The van der Waals surface area contributed by atoms with Crippen LogP contribution in [0.5, 0.6) is 5.75 Å². The molecule has 10 nitrogen and oxygen atoms in total. The SMILES string of the molecule is COc1cccc(C(=O)O)c1[C@@H]1[C@H](n2cc(-c3cc(F)c(F)c(F)c3)nn2)[C@H]2OC(C)(C)OC[C@H]2O[C@@]12CCCO2. The Morgan fingerprint density at radius 1 is 1.15 bits per heavy atom. The van der Waals surface area contributed by atoms with Crippen LogP contribution in [0.1, 0.15) is 54.6 Å². The smallest absolute Gasteiger partial charge is 0.336 e. The lowest BCUT2D eigenvalue weighted by atomic mass is 9.74. The van der Waals surface area contributed by atoms with E-state index in [0.717, 1.165) is 12.1 Å². The Bertz CT molecular complexity index is 1470. The van der Waals surface area contributed by atoms with Crippen LogP contribution in [0.15, 0.2) is 36.5 Å². The van der Waals surface area contributed by atoms with E-state index < -0.39 is 59.2 Å². The number of fused-ring (bicyclic) bond motifs is 1. The van der Waals surface area contributed by atoms with Crippen molar-refractivity contribution in [3.63, 3.8) is 0 Å². The highest BCUT2D eigenvalue weighted by Crippen LogP contribution is 2.56. The number of carboxylic acid groups (broad SMARTS) is 1. The number of benzene rings is 2. The van der Waals surface area contributed by atoms with Gasteiger partial charge in [0.1, 0.15) is 23.7 Å². The topological polar surface area (TPSA) is 114 Å². The van der Waals surface area contributed by atoms with Gasteiger partial charge in [0.15, 0.2) is 29.0 Å². The van der Waals surface area contributed by atoms with Gasteiger partial charge in [-0.2, -0.15) is 0 Å². The Kier molecular flexibility index (Phi) is 6.80. The van der Waals surface area contributed by atoms with E-state index in [1.165, 1.54) is 24.1 Å². The number of aromatic nitrogens is 3. The first-order valence-corrected chi connectivity index (χ1v) is 13.1. The average molecular weight is 576 g/mol. The molecule has 13 heteroatoms. The molecule has 0 aliphatic carbocycles. The van der Waals surface area contributed by atoms with Gasteiger partial charge in [0, 0.05) is 17.5 Å². The third-order valence-electron chi connectivity index (χ3n) is 7.82. The second kappa shape index (κ2) is 10.1. The summed E-state index contributed by atoms with van der Waals surface area (Å²) < 4.78 is 74.1. The van der Waals surface area contributed by atoms with Crippen molar-refractivity contribution in [3.05, 3.63) is 65.1 Å². The number of hydrogen-bond acceptors (Lipinski definition) is 8. The van der Waals surface area contributed by atoms with Crippen molar-refractivity contribution in [1.82, 2.24) is 15.0 Å². The van der Waals surface area contributed by atoms with Gasteiger partial charge in [0.05, 0.1) is 44.0 Å². The van der Waals surface area contributed by atoms with E-state index in [1.807, 2.05) is 0 Å². The highest BCUT2D eigenvalue weighted by atomic mass is 19.2. The highest BCUT2D eigenvalue weighted by molar-refractivity contribution is 5.90. The monoisotopic (exact) mass is 575 g/mol. The maximum atomic E-state index is 14.1. The number of nitrogens with zero attached hydrogens (tertiary/aromatic N) is 3. The first kappa shape index (κ1) is 27.6. The van der Waals surface area contributed by atoms with Gasteiger partial charge in [0.2, 0.25) is 0 Å². The first-order valence-electron chi connectivity index (χ1n) is 13.1. The average Bonchev–Trinajstić information content (AvgIpc) is 3.61. The van der Waals surface area contributed by atoms with E-state index in [0.29, 0.717) is 30.8 Å². The van der Waals surface area contributed by atoms with Crippen LogP contribution in [0.3, 0.4) is 0 Å². The summed E-state index contributed by atoms with van der Waals surface area (Å²) >= 11 is 0. The normalized spacial score (nSPS) is 28.9. The number of methoxy groups -OCH3 is 1. The van der Waals surface area contributed by atoms with Crippen LogP contribution in [-0.2, 0) is 18.9 Å². The summed E-state index contributed by atoms with van der Waals surface area (Å²) in [5.41, 5.74) is 0.328. The quantitative estimate of drug-likeness (QED) is 0.441. The van der Waals surface area contributed by atoms with Gasteiger partial charge in [-0.1, -0.05) is 11.3 Å². The van der Waals surface area contributed by atoms with Crippen LogP contribution >= 0.6 is 0 Å². The molecule has 3 aliphatic rings. The summed E-state index contributed by atoms with van der Waals surface area (Å²) in [5.74, 6) is -8.40. The molecule has 1 spiro atoms. The summed E-state index contributed by atoms with van der Waals surface area (Å²) in [7, 11) is 1.44. The maximum Gasteiger partial charge on any atom is 0.336 e. The molecule has 218 valence electrons. The Morgan fingerprint density at radius 2 is 1.90 bits per heavy atom. The van der Waals surface area contributed by atoms with Crippen molar-refractivity contribution in [2.45, 2.75) is 62.4 Å². The second-order valence-electron chi connectivity index (χ2n) is 10.7. The molecule has 0 saturated carbocycles. The summed E-state index contributed by atoms with van der Waals surface area (Å²) in [6.45, 7) is 4.00. The predicted octanol–water partition coefficient (Wildman–Crippen LogP) is 4.45. The second-order valence-corrected chi connectivity index (χ2v) is 10.7. The minimum atomic E-state index is -1.59. The van der Waals surface area contributed by atoms with E-state index in [9.17, 15) is 23.1 Å². The molecule has 3 fully saturated rings. The number of carboxylic acids is 1. The number of carbonyl (C=O) groups is 1. The van der Waals surface area contributed by atoms with E-state index >= 15 is 0 Å². The van der Waals surface area contributed by atoms with Gasteiger partial charge in [-0.25, -0.2) is 22.6 Å². The zero-order valence-corrected chi connectivity index (χ0v) is 22.5. The molecule has 41 heavy (non-hydrogen) atoms. The molecule has 5 atom stereocenters. The minimum Gasteiger partial charge on any atom is -0.496 e. The zero-order chi connectivity index (χ0) is 29.1. The fourth-order valence-corrected chi connectivity index (χ4v) is 6.14. The first-order chi connectivity index (χ1) is 19.5. The van der Waals surface area contributed by atoms with Gasteiger partial charge in [-0.3, -0.25) is 0 Å². The van der Waals surface area contributed by atoms with Crippen molar-refractivity contribution < 1.29 is 46.8 Å². The van der Waals surface area contributed by atoms with Crippen molar-refractivity contribution in [3.8, 4) is 17.0 Å². The molecule has 0 bridgehead atoms. The Morgan fingerprint density at radius 3 is 2.56 bits per heavy atom. The fraction of sp³-hybridized carbons (Fsp3) is 0.464. The lowest BCUT2D eigenvalue weighted by molar-refractivity contribution is -0.383. The standard InChI is InChI=1S/C28H28F3N3O7/c1-27(2)39-13-20-25(41-27)24(34-12-18(32-33-34)14-10-16(29)23(31)17(30)11-14)22(28(40-20)8-5-9-38-28)21-15(26(35)36)6-4-7-19(21)37-3/h4,6-7,10-12,20,22,24-25H,5,8-9,13H2,1-3H3,(H,35,36)/t20-,22-,24+,25+,28+/m1/s1. The molecule has 0 amide bonds. The molecule has 3 aromatic rings. The van der Waals surface area contributed by atoms with E-state index in [2.05, 4.69) is 10.3 Å². The van der Waals surface area contributed by atoms with Gasteiger partial charge in [-0.15, -0.1) is 5.10 Å². The lowest BCUT2D eigenvalue weighted by Crippen LogP contribution is -2.63. The van der Waals surface area contributed by atoms with E-state index in [-0.39, 0.29) is 23.4 Å². The lowest BCUT2D eigenvalue weighted by Gasteiger charge is -2.55. The predicted molar refractivity (Wildman–Crippen MR) is 135 cm³/mol. The van der Waals surface area contributed by atoms with Crippen LogP contribution in [0, 0.1) is 17.5 Å². The van der Waals surface area contributed by atoms with Crippen molar-refractivity contribution in [1.29, 1.82) is 0 Å². The number of hydrogen-bond donors (Lipinski definition) is 1. The van der Waals surface area contributed by atoms with E-state index in [4.69, 9.17) is 23.7 Å². The third kappa shape index (κ3) is 4.66. The summed E-state index contributed by atoms with van der Waals surface area (Å²) in [5, 5.41) is 18.7. The summed E-state index contributed by atoms with van der Waals surface area (Å²) in [4.78, 5) is 12.5. The van der Waals surface area contributed by atoms with Crippen LogP contribution in [-0.4, -0.2) is 70.2 Å². The molecule has 1 aromatic heterocycles. The molecule has 4 heterocycles. The fourth-order valence-electron chi connectivity index (χ4n) is 6.14. The summed E-state index contributed by atoms with van der Waals surface area (Å²) in [6.07, 6.45) is 1.13. The molecular weight excluding hydrogens is 547 g/mol. The van der Waals surface area contributed by atoms with Gasteiger partial charge >= 0.3 is 5.97 Å². The van der Waals surface area contributed by atoms with Gasteiger partial charge in [0.25, 0.3) is 0 Å². The maximum absolute atomic E-state index is 14.1. The number of aromatic carboxylic acids is 1. The molecule has 3 saturated heterocycles. The molecule has 0 radical (unpaired) electrons. The Hall–Kier alpha value is -3.52. The molecule has 0 unspecified atom stereocenters. The molecular formula is C28H28F3N3O7. The van der Waals surface area contributed by atoms with Crippen LogP contribution < -0.4 is 4.74 Å².